The zero-order chi connectivity index (χ0) is 10.3. The lowest BCUT2D eigenvalue weighted by Gasteiger charge is -2.19. The fourth-order valence-electron chi connectivity index (χ4n) is 1.65. The Hall–Kier alpha value is -0.0500. The molecule has 13 heavy (non-hydrogen) atoms. The maximum Gasteiger partial charge on any atom is 0.143 e. The van der Waals surface area contributed by atoms with Crippen molar-refractivity contribution in [2.45, 2.75) is 51.2 Å². The summed E-state index contributed by atoms with van der Waals surface area (Å²) in [5.74, 6) is 0.318. The average Bonchev–Trinajstić information content (AvgIpc) is 2.11. The molecule has 0 rings (SSSR count). The second-order valence-corrected chi connectivity index (χ2v) is 4.69. The molecule has 79 valence electrons. The summed E-state index contributed by atoms with van der Waals surface area (Å²) < 4.78 is 21.8. The Morgan fingerprint density at radius 3 is 2.23 bits per heavy atom. The molecule has 0 amide bonds. The van der Waals surface area contributed by atoms with Crippen molar-refractivity contribution >= 4 is 10.7 Å². The fourth-order valence-corrected chi connectivity index (χ4v) is 2.56. The smallest absolute Gasteiger partial charge is 0.143 e. The van der Waals surface area contributed by atoms with Gasteiger partial charge in [0, 0.05) is 0 Å². The minimum Gasteiger partial charge on any atom is -0.232 e. The predicted molar refractivity (Wildman–Crippen MR) is 57.4 cm³/mol. The van der Waals surface area contributed by atoms with Crippen molar-refractivity contribution in [2.75, 3.05) is 0 Å². The molecule has 0 N–H and O–H groups in total. The molecule has 0 heterocycles. The van der Waals surface area contributed by atoms with Gasteiger partial charge in [-0.3, -0.25) is 0 Å². The maximum atomic E-state index is 10.9. The van der Waals surface area contributed by atoms with Crippen molar-refractivity contribution in [1.82, 2.24) is 0 Å². The van der Waals surface area contributed by atoms with Crippen LogP contribution in [-0.2, 0) is 10.7 Å². The van der Waals surface area contributed by atoms with E-state index < -0.39 is 10.7 Å². The summed E-state index contributed by atoms with van der Waals surface area (Å²) >= 11 is 0. The Morgan fingerprint density at radius 2 is 1.92 bits per heavy atom. The van der Waals surface area contributed by atoms with Gasteiger partial charge >= 0.3 is 0 Å². The van der Waals surface area contributed by atoms with E-state index in [4.69, 9.17) is 0 Å². The van der Waals surface area contributed by atoms with E-state index in [1.54, 1.807) is 0 Å². The van der Waals surface area contributed by atoms with Crippen LogP contribution in [0.2, 0.25) is 0 Å². The van der Waals surface area contributed by atoms with E-state index in [2.05, 4.69) is 20.8 Å². The number of hydrogen-bond donors (Lipinski definition) is 1. The van der Waals surface area contributed by atoms with Crippen molar-refractivity contribution in [2.24, 2.45) is 5.92 Å². The van der Waals surface area contributed by atoms with Crippen molar-refractivity contribution in [3.63, 3.8) is 0 Å². The van der Waals surface area contributed by atoms with Gasteiger partial charge in [-0.2, -0.15) is 0 Å². The summed E-state index contributed by atoms with van der Waals surface area (Å²) in [6.07, 6.45) is 4.75. The van der Waals surface area contributed by atoms with Crippen molar-refractivity contribution in [3.05, 3.63) is 6.92 Å². The van der Waals surface area contributed by atoms with Crippen LogP contribution in [0.15, 0.2) is 0 Å². The summed E-state index contributed by atoms with van der Waals surface area (Å²) in [7, 11) is -2.29. The highest BCUT2D eigenvalue weighted by molar-refractivity contribution is 7.73. The molecule has 0 aromatic rings. The summed E-state index contributed by atoms with van der Waals surface area (Å²) in [6.45, 7) is 7.89. The van der Waals surface area contributed by atoms with Crippen LogP contribution >= 0.6 is 0 Å². The zero-order valence-corrected chi connectivity index (χ0v) is 9.56. The van der Waals surface area contributed by atoms with Crippen LogP contribution < -0.4 is 0 Å². The second-order valence-electron chi connectivity index (χ2n) is 3.45. The lowest BCUT2D eigenvalue weighted by atomic mass is 9.94. The topological polar surface area (TPSA) is 34.1 Å². The Labute approximate surface area is 83.7 Å². The summed E-state index contributed by atoms with van der Waals surface area (Å²) in [4.78, 5) is 0. The standard InChI is InChI=1S/C10H21O2S/c1-4-7-8-9(5-2)10(6-3)13(11)12/h9-10,13H,3-8H2,1-2H3. The van der Waals surface area contributed by atoms with Crippen molar-refractivity contribution in [1.29, 1.82) is 0 Å². The first kappa shape index (κ1) is 12.9. The van der Waals surface area contributed by atoms with Crippen molar-refractivity contribution in [3.8, 4) is 0 Å². The van der Waals surface area contributed by atoms with Gasteiger partial charge in [0.1, 0.15) is 10.7 Å². The first-order valence-electron chi connectivity index (χ1n) is 5.10. The number of rotatable bonds is 7. The van der Waals surface area contributed by atoms with Crippen LogP contribution in [0.5, 0.6) is 0 Å². The quantitative estimate of drug-likeness (QED) is 0.648. The van der Waals surface area contributed by atoms with Crippen LogP contribution in [0.3, 0.4) is 0 Å². The predicted octanol–water partition coefficient (Wildman–Crippen LogP) is 2.41. The molecule has 0 saturated heterocycles. The highest BCUT2D eigenvalue weighted by Gasteiger charge is 2.19. The Bertz CT molecular complexity index is 179. The van der Waals surface area contributed by atoms with Crippen LogP contribution in [0.1, 0.15) is 46.0 Å². The molecule has 0 aliphatic carbocycles. The minimum absolute atomic E-state index is 0.202. The summed E-state index contributed by atoms with van der Waals surface area (Å²) in [6, 6.07) is 0. The molecule has 1 radical (unpaired) electrons. The molecule has 0 aromatic heterocycles. The lowest BCUT2D eigenvalue weighted by molar-refractivity contribution is 0.422. The van der Waals surface area contributed by atoms with Gasteiger partial charge in [0.15, 0.2) is 0 Å². The third-order valence-electron chi connectivity index (χ3n) is 2.56. The third kappa shape index (κ3) is 4.65. The molecule has 0 bridgehead atoms. The summed E-state index contributed by atoms with van der Waals surface area (Å²) in [5, 5.41) is -0.202. The summed E-state index contributed by atoms with van der Waals surface area (Å²) in [5.41, 5.74) is 0. The van der Waals surface area contributed by atoms with Crippen LogP contribution in [0.4, 0.5) is 0 Å². The Morgan fingerprint density at radius 1 is 1.31 bits per heavy atom. The zero-order valence-electron chi connectivity index (χ0n) is 8.66. The third-order valence-corrected chi connectivity index (χ3v) is 3.78. The first-order valence-corrected chi connectivity index (χ1v) is 6.34. The highest BCUT2D eigenvalue weighted by Crippen LogP contribution is 2.21. The van der Waals surface area contributed by atoms with E-state index in [0.717, 1.165) is 25.7 Å². The van der Waals surface area contributed by atoms with E-state index in [0.29, 0.717) is 12.3 Å². The molecule has 2 unspecified atom stereocenters. The van der Waals surface area contributed by atoms with Gasteiger partial charge in [-0.05, 0) is 18.8 Å². The van der Waals surface area contributed by atoms with Crippen LogP contribution in [0.25, 0.3) is 0 Å². The number of thiol groups is 1. The van der Waals surface area contributed by atoms with Gasteiger partial charge < -0.3 is 0 Å². The molecule has 0 fully saturated rings. The number of unbranched alkanes of at least 4 members (excludes halogenated alkanes) is 1. The highest BCUT2D eigenvalue weighted by atomic mass is 32.2. The van der Waals surface area contributed by atoms with Gasteiger partial charge in [-0.25, -0.2) is 8.42 Å². The molecular formula is C10H21O2S. The Kier molecular flexibility index (Phi) is 7.33. The molecule has 0 aliphatic heterocycles. The normalized spacial score (nSPS) is 16.0. The van der Waals surface area contributed by atoms with Crippen molar-refractivity contribution < 1.29 is 8.42 Å². The largest absolute Gasteiger partial charge is 0.232 e. The second kappa shape index (κ2) is 7.36. The lowest BCUT2D eigenvalue weighted by Crippen LogP contribution is -2.21. The van der Waals surface area contributed by atoms with Gasteiger partial charge in [0.25, 0.3) is 0 Å². The van der Waals surface area contributed by atoms with E-state index in [1.165, 1.54) is 0 Å². The van der Waals surface area contributed by atoms with E-state index >= 15 is 0 Å². The molecule has 2 atom stereocenters. The average molecular weight is 205 g/mol. The molecule has 0 saturated carbocycles. The molecule has 2 nitrogen and oxygen atoms in total. The SMILES string of the molecule is [CH2]CC(C(CC)CCCC)[SH](=O)=O. The van der Waals surface area contributed by atoms with Gasteiger partial charge in [0.05, 0.1) is 5.25 Å². The van der Waals surface area contributed by atoms with Crippen LogP contribution in [0, 0.1) is 12.8 Å². The molecule has 0 aromatic carbocycles. The fraction of sp³-hybridized carbons (Fsp3) is 0.900. The maximum absolute atomic E-state index is 10.9. The Balaban J connectivity index is 4.16. The van der Waals surface area contributed by atoms with E-state index in [9.17, 15) is 8.42 Å². The molecule has 3 heteroatoms. The van der Waals surface area contributed by atoms with Gasteiger partial charge in [0.2, 0.25) is 0 Å². The van der Waals surface area contributed by atoms with E-state index in [-0.39, 0.29) is 5.25 Å². The first-order chi connectivity index (χ1) is 6.17. The molecule has 0 aliphatic rings. The van der Waals surface area contributed by atoms with E-state index in [1.807, 2.05) is 0 Å². The molecule has 0 spiro atoms. The van der Waals surface area contributed by atoms with Gasteiger partial charge in [-0.15, -0.1) is 0 Å². The minimum atomic E-state index is -2.29. The monoisotopic (exact) mass is 205 g/mol. The molecular weight excluding hydrogens is 184 g/mol. The van der Waals surface area contributed by atoms with Gasteiger partial charge in [-0.1, -0.05) is 40.0 Å². The number of hydrogen-bond acceptors (Lipinski definition) is 2. The van der Waals surface area contributed by atoms with Crippen LogP contribution in [-0.4, -0.2) is 13.7 Å².